The summed E-state index contributed by atoms with van der Waals surface area (Å²) in [6, 6.07) is 23.5. The third kappa shape index (κ3) is 5.84. The highest BCUT2D eigenvalue weighted by atomic mass is 16.5. The normalized spacial score (nSPS) is 10.1. The van der Waals surface area contributed by atoms with Crippen molar-refractivity contribution in [3.63, 3.8) is 0 Å². The quantitative estimate of drug-likeness (QED) is 0.617. The molecule has 0 saturated carbocycles. The van der Waals surface area contributed by atoms with Crippen LogP contribution in [0.4, 0.5) is 0 Å². The van der Waals surface area contributed by atoms with E-state index in [4.69, 9.17) is 9.47 Å². The Balaban J connectivity index is 1.53. The number of ether oxygens (including phenoxy) is 2. The van der Waals surface area contributed by atoms with Crippen molar-refractivity contribution in [2.24, 2.45) is 0 Å². The molecule has 0 aliphatic rings. The number of methoxy groups -OCH3 is 1. The van der Waals surface area contributed by atoms with Gasteiger partial charge in [0.15, 0.2) is 0 Å². The van der Waals surface area contributed by atoms with Crippen LogP contribution in [-0.2, 0) is 11.3 Å². The number of nitrogens with one attached hydrogen (secondary N) is 2. The maximum absolute atomic E-state index is 12.5. The summed E-state index contributed by atoms with van der Waals surface area (Å²) in [6.45, 7) is 0.237. The summed E-state index contributed by atoms with van der Waals surface area (Å²) in [5.41, 5.74) is 1.30. The van der Waals surface area contributed by atoms with Gasteiger partial charge in [-0.2, -0.15) is 0 Å². The van der Waals surface area contributed by atoms with Crippen molar-refractivity contribution >= 4 is 11.8 Å². The van der Waals surface area contributed by atoms with Crippen LogP contribution >= 0.6 is 0 Å². The highest BCUT2D eigenvalue weighted by Gasteiger charge is 2.14. The minimum absolute atomic E-state index is 0.130. The molecule has 0 aromatic heterocycles. The minimum atomic E-state index is -0.379. The minimum Gasteiger partial charge on any atom is -0.497 e. The van der Waals surface area contributed by atoms with E-state index in [1.807, 2.05) is 42.5 Å². The van der Waals surface area contributed by atoms with Crippen LogP contribution < -0.4 is 20.1 Å². The predicted octanol–water partition coefficient (Wildman–Crippen LogP) is 3.53. The SMILES string of the molecule is COc1ccc(CNC(=O)CNC(=O)c2ccccc2Oc2ccccc2)cc1. The Hall–Kier alpha value is -3.80. The second-order valence-electron chi connectivity index (χ2n) is 6.22. The number of para-hydroxylation sites is 2. The van der Waals surface area contributed by atoms with Gasteiger partial charge in [0.2, 0.25) is 5.91 Å². The summed E-state index contributed by atoms with van der Waals surface area (Å²) >= 11 is 0. The third-order valence-corrected chi connectivity index (χ3v) is 4.16. The van der Waals surface area contributed by atoms with Crippen LogP contribution in [0.15, 0.2) is 78.9 Å². The molecule has 0 aliphatic carbocycles. The molecular formula is C23H22N2O4. The number of carbonyl (C=O) groups excluding carboxylic acids is 2. The number of rotatable bonds is 8. The number of hydrogen-bond acceptors (Lipinski definition) is 4. The van der Waals surface area contributed by atoms with Gasteiger partial charge in [0.05, 0.1) is 19.2 Å². The lowest BCUT2D eigenvalue weighted by atomic mass is 10.2. The van der Waals surface area contributed by atoms with Crippen molar-refractivity contribution in [3.05, 3.63) is 90.0 Å². The average molecular weight is 390 g/mol. The van der Waals surface area contributed by atoms with E-state index in [0.29, 0.717) is 23.6 Å². The molecule has 3 rings (SSSR count). The van der Waals surface area contributed by atoms with Crippen LogP contribution in [0.25, 0.3) is 0 Å². The lowest BCUT2D eigenvalue weighted by Gasteiger charge is -2.11. The van der Waals surface area contributed by atoms with E-state index in [9.17, 15) is 9.59 Å². The van der Waals surface area contributed by atoms with Crippen molar-refractivity contribution in [2.75, 3.05) is 13.7 Å². The first-order valence-corrected chi connectivity index (χ1v) is 9.15. The monoisotopic (exact) mass is 390 g/mol. The van der Waals surface area contributed by atoms with Gasteiger partial charge in [-0.05, 0) is 42.0 Å². The highest BCUT2D eigenvalue weighted by Crippen LogP contribution is 2.24. The molecule has 6 nitrogen and oxygen atoms in total. The van der Waals surface area contributed by atoms with Gasteiger partial charge in [0.1, 0.15) is 17.2 Å². The van der Waals surface area contributed by atoms with E-state index in [0.717, 1.165) is 11.3 Å². The van der Waals surface area contributed by atoms with Crippen LogP contribution in [0, 0.1) is 0 Å². The number of amides is 2. The molecule has 0 fully saturated rings. The summed E-state index contributed by atoms with van der Waals surface area (Å²) < 4.78 is 10.9. The van der Waals surface area contributed by atoms with Crippen LogP contribution in [0.2, 0.25) is 0 Å². The number of benzene rings is 3. The Morgan fingerprint density at radius 2 is 1.48 bits per heavy atom. The van der Waals surface area contributed by atoms with Gasteiger partial charge < -0.3 is 20.1 Å². The predicted molar refractivity (Wildman–Crippen MR) is 110 cm³/mol. The Bertz CT molecular complexity index is 956. The van der Waals surface area contributed by atoms with Gasteiger partial charge in [-0.3, -0.25) is 9.59 Å². The molecule has 0 bridgehead atoms. The first-order chi connectivity index (χ1) is 14.2. The lowest BCUT2D eigenvalue weighted by molar-refractivity contribution is -0.120. The van der Waals surface area contributed by atoms with Gasteiger partial charge in [-0.1, -0.05) is 42.5 Å². The fraction of sp³-hybridized carbons (Fsp3) is 0.130. The maximum Gasteiger partial charge on any atom is 0.255 e. The molecule has 3 aromatic rings. The Morgan fingerprint density at radius 3 is 2.21 bits per heavy atom. The van der Waals surface area contributed by atoms with Crippen LogP contribution in [-0.4, -0.2) is 25.5 Å². The molecule has 29 heavy (non-hydrogen) atoms. The highest BCUT2D eigenvalue weighted by molar-refractivity contribution is 5.98. The zero-order valence-electron chi connectivity index (χ0n) is 16.1. The molecule has 0 saturated heterocycles. The van der Waals surface area contributed by atoms with Crippen LogP contribution in [0.1, 0.15) is 15.9 Å². The third-order valence-electron chi connectivity index (χ3n) is 4.16. The van der Waals surface area contributed by atoms with E-state index in [1.54, 1.807) is 43.5 Å². The molecular weight excluding hydrogens is 368 g/mol. The van der Waals surface area contributed by atoms with E-state index >= 15 is 0 Å². The van der Waals surface area contributed by atoms with Gasteiger partial charge >= 0.3 is 0 Å². The second-order valence-corrected chi connectivity index (χ2v) is 6.22. The molecule has 0 radical (unpaired) electrons. The fourth-order valence-corrected chi connectivity index (χ4v) is 2.62. The Kier molecular flexibility index (Phi) is 6.84. The molecule has 148 valence electrons. The van der Waals surface area contributed by atoms with Crippen LogP contribution in [0.3, 0.4) is 0 Å². The van der Waals surface area contributed by atoms with Crippen molar-refractivity contribution in [1.82, 2.24) is 10.6 Å². The summed E-state index contributed by atoms with van der Waals surface area (Å²) in [5.74, 6) is 1.15. The molecule has 0 spiro atoms. The standard InChI is InChI=1S/C23H22N2O4/c1-28-18-13-11-17(12-14-18)15-24-22(26)16-25-23(27)20-9-5-6-10-21(20)29-19-7-3-2-4-8-19/h2-14H,15-16H2,1H3,(H,24,26)(H,25,27). The molecule has 0 unspecified atom stereocenters. The molecule has 6 heteroatoms. The van der Waals surface area contributed by atoms with Crippen molar-refractivity contribution in [1.29, 1.82) is 0 Å². The molecule has 0 heterocycles. The zero-order chi connectivity index (χ0) is 20.5. The molecule has 0 aliphatic heterocycles. The van der Waals surface area contributed by atoms with E-state index in [1.165, 1.54) is 0 Å². The maximum atomic E-state index is 12.5. The van der Waals surface area contributed by atoms with Gasteiger partial charge in [0, 0.05) is 6.54 Å². The Labute approximate surface area is 169 Å². The van der Waals surface area contributed by atoms with Crippen molar-refractivity contribution in [2.45, 2.75) is 6.54 Å². The first-order valence-electron chi connectivity index (χ1n) is 9.15. The second kappa shape index (κ2) is 9.94. The summed E-state index contributed by atoms with van der Waals surface area (Å²) in [4.78, 5) is 24.6. The molecule has 2 amide bonds. The summed E-state index contributed by atoms with van der Waals surface area (Å²) in [7, 11) is 1.60. The van der Waals surface area contributed by atoms with Gasteiger partial charge in [-0.25, -0.2) is 0 Å². The zero-order valence-corrected chi connectivity index (χ0v) is 16.1. The molecule has 2 N–H and O–H groups in total. The number of hydrogen-bond donors (Lipinski definition) is 2. The molecule has 3 aromatic carbocycles. The van der Waals surface area contributed by atoms with E-state index < -0.39 is 0 Å². The summed E-state index contributed by atoms with van der Waals surface area (Å²) in [5, 5.41) is 5.40. The van der Waals surface area contributed by atoms with E-state index in [-0.39, 0.29) is 18.4 Å². The van der Waals surface area contributed by atoms with Crippen LogP contribution in [0.5, 0.6) is 17.2 Å². The number of carbonyl (C=O) groups is 2. The summed E-state index contributed by atoms with van der Waals surface area (Å²) in [6.07, 6.45) is 0. The topological polar surface area (TPSA) is 76.7 Å². The van der Waals surface area contributed by atoms with Gasteiger partial charge in [0.25, 0.3) is 5.91 Å². The average Bonchev–Trinajstić information content (AvgIpc) is 2.77. The van der Waals surface area contributed by atoms with Crippen molar-refractivity contribution in [3.8, 4) is 17.2 Å². The van der Waals surface area contributed by atoms with Gasteiger partial charge in [-0.15, -0.1) is 0 Å². The van der Waals surface area contributed by atoms with E-state index in [2.05, 4.69) is 10.6 Å². The van der Waals surface area contributed by atoms with Crippen molar-refractivity contribution < 1.29 is 19.1 Å². The Morgan fingerprint density at radius 1 is 0.793 bits per heavy atom. The fourth-order valence-electron chi connectivity index (χ4n) is 2.62. The molecule has 0 atom stereocenters. The first kappa shape index (κ1) is 19.9. The smallest absolute Gasteiger partial charge is 0.255 e. The lowest BCUT2D eigenvalue weighted by Crippen LogP contribution is -2.36. The largest absolute Gasteiger partial charge is 0.497 e.